The fourth-order valence-electron chi connectivity index (χ4n) is 3.57. The van der Waals surface area contributed by atoms with Crippen LogP contribution < -0.4 is 9.80 Å². The monoisotopic (exact) mass is 276 g/mol. The van der Waals surface area contributed by atoms with E-state index in [0.717, 1.165) is 31.6 Å². The number of hydrogen-bond acceptors (Lipinski definition) is 5. The van der Waals surface area contributed by atoms with Crippen LogP contribution in [0, 0.1) is 11.8 Å². The predicted molar refractivity (Wildman–Crippen MR) is 76.0 cm³/mol. The molecule has 0 spiro atoms. The number of carbonyl (C=O) groups is 1. The van der Waals surface area contributed by atoms with Gasteiger partial charge in [-0.3, -0.25) is 0 Å². The maximum Gasteiger partial charge on any atom is 0.326 e. The molecule has 6 nitrogen and oxygen atoms in total. The summed E-state index contributed by atoms with van der Waals surface area (Å²) in [7, 11) is 3.76. The second-order valence-corrected chi connectivity index (χ2v) is 5.90. The molecular formula is C14H20N4O2. The van der Waals surface area contributed by atoms with Gasteiger partial charge in [-0.25, -0.2) is 9.78 Å². The van der Waals surface area contributed by atoms with E-state index in [0.29, 0.717) is 11.9 Å². The first-order chi connectivity index (χ1) is 9.58. The average molecular weight is 276 g/mol. The predicted octanol–water partition coefficient (Wildman–Crippen LogP) is 1.23. The third kappa shape index (κ3) is 2.09. The molecule has 1 saturated heterocycles. The van der Waals surface area contributed by atoms with Crippen LogP contribution in [0.2, 0.25) is 0 Å². The average Bonchev–Trinajstić information content (AvgIpc) is 2.97. The summed E-state index contributed by atoms with van der Waals surface area (Å²) in [5.74, 6) is 1.37. The highest BCUT2D eigenvalue weighted by Gasteiger charge is 2.48. The SMILES string of the molecule is CN(C)c1nccc(N2CC3CCCC3C2C(=O)O)n1. The number of anilines is 2. The molecule has 20 heavy (non-hydrogen) atoms. The Kier molecular flexibility index (Phi) is 3.23. The molecule has 2 aliphatic rings. The van der Waals surface area contributed by atoms with Crippen molar-refractivity contribution in [3.63, 3.8) is 0 Å². The van der Waals surface area contributed by atoms with Gasteiger partial charge in [0, 0.05) is 26.8 Å². The Morgan fingerprint density at radius 2 is 2.25 bits per heavy atom. The zero-order valence-electron chi connectivity index (χ0n) is 11.9. The molecule has 1 aromatic heterocycles. The van der Waals surface area contributed by atoms with Crippen LogP contribution in [0.25, 0.3) is 0 Å². The number of aromatic nitrogens is 2. The van der Waals surface area contributed by atoms with Crippen LogP contribution in [0.5, 0.6) is 0 Å². The minimum absolute atomic E-state index is 0.269. The van der Waals surface area contributed by atoms with Crippen molar-refractivity contribution < 1.29 is 9.90 Å². The van der Waals surface area contributed by atoms with Crippen molar-refractivity contribution in [2.75, 3.05) is 30.4 Å². The van der Waals surface area contributed by atoms with Crippen LogP contribution in [-0.4, -0.2) is 47.7 Å². The summed E-state index contributed by atoms with van der Waals surface area (Å²) in [4.78, 5) is 24.1. The lowest BCUT2D eigenvalue weighted by Crippen LogP contribution is -2.40. The van der Waals surface area contributed by atoms with Gasteiger partial charge in [-0.05, 0) is 30.7 Å². The van der Waals surface area contributed by atoms with Crippen LogP contribution in [0.3, 0.4) is 0 Å². The first-order valence-corrected chi connectivity index (χ1v) is 7.07. The Morgan fingerprint density at radius 1 is 1.45 bits per heavy atom. The molecule has 2 heterocycles. The van der Waals surface area contributed by atoms with E-state index in [1.54, 1.807) is 6.20 Å². The Bertz CT molecular complexity index is 520. The molecule has 6 heteroatoms. The molecule has 1 aromatic rings. The fourth-order valence-corrected chi connectivity index (χ4v) is 3.57. The van der Waals surface area contributed by atoms with Gasteiger partial charge in [0.05, 0.1) is 0 Å². The van der Waals surface area contributed by atoms with Gasteiger partial charge in [-0.15, -0.1) is 0 Å². The van der Waals surface area contributed by atoms with E-state index in [1.807, 2.05) is 30.0 Å². The van der Waals surface area contributed by atoms with E-state index in [9.17, 15) is 9.90 Å². The standard InChI is InChI=1S/C14H20N4O2/c1-17(2)14-15-7-6-11(16-14)18-8-9-4-3-5-10(9)12(18)13(19)20/h6-7,9-10,12H,3-5,8H2,1-2H3,(H,19,20). The van der Waals surface area contributed by atoms with Gasteiger partial charge in [0.25, 0.3) is 0 Å². The second-order valence-electron chi connectivity index (χ2n) is 5.90. The largest absolute Gasteiger partial charge is 0.480 e. The number of rotatable bonds is 3. The summed E-state index contributed by atoms with van der Waals surface area (Å²) in [6, 6.07) is 1.37. The van der Waals surface area contributed by atoms with Gasteiger partial charge in [-0.1, -0.05) is 6.42 Å². The Morgan fingerprint density at radius 3 is 2.95 bits per heavy atom. The molecule has 1 N–H and O–H groups in total. The molecule has 1 aliphatic carbocycles. The molecule has 3 unspecified atom stereocenters. The number of nitrogens with zero attached hydrogens (tertiary/aromatic N) is 4. The topological polar surface area (TPSA) is 69.6 Å². The lowest BCUT2D eigenvalue weighted by molar-refractivity contribution is -0.139. The molecule has 3 rings (SSSR count). The summed E-state index contributed by atoms with van der Waals surface area (Å²) < 4.78 is 0. The third-order valence-corrected chi connectivity index (χ3v) is 4.47. The highest BCUT2D eigenvalue weighted by Crippen LogP contribution is 2.43. The van der Waals surface area contributed by atoms with Gasteiger partial charge in [0.1, 0.15) is 11.9 Å². The highest BCUT2D eigenvalue weighted by molar-refractivity contribution is 5.79. The van der Waals surface area contributed by atoms with E-state index in [2.05, 4.69) is 9.97 Å². The first kappa shape index (κ1) is 13.1. The van der Waals surface area contributed by atoms with E-state index < -0.39 is 12.0 Å². The van der Waals surface area contributed by atoms with Crippen molar-refractivity contribution in [3.05, 3.63) is 12.3 Å². The van der Waals surface area contributed by atoms with Gasteiger partial charge in [-0.2, -0.15) is 4.98 Å². The molecule has 3 atom stereocenters. The maximum absolute atomic E-state index is 11.7. The lowest BCUT2D eigenvalue weighted by atomic mass is 9.94. The summed E-state index contributed by atoms with van der Waals surface area (Å²) in [5, 5.41) is 9.58. The van der Waals surface area contributed by atoms with Crippen molar-refractivity contribution >= 4 is 17.7 Å². The highest BCUT2D eigenvalue weighted by atomic mass is 16.4. The molecule has 108 valence electrons. The van der Waals surface area contributed by atoms with Gasteiger partial charge < -0.3 is 14.9 Å². The molecule has 0 amide bonds. The zero-order chi connectivity index (χ0) is 14.3. The minimum atomic E-state index is -0.732. The molecule has 0 radical (unpaired) electrons. The lowest BCUT2D eigenvalue weighted by Gasteiger charge is -2.26. The number of aliphatic carboxylic acids is 1. The second kappa shape index (κ2) is 4.92. The fraction of sp³-hybridized carbons (Fsp3) is 0.643. The number of carboxylic acid groups (broad SMARTS) is 1. The van der Waals surface area contributed by atoms with E-state index in [-0.39, 0.29) is 5.92 Å². The summed E-state index contributed by atoms with van der Waals surface area (Å²) in [6.45, 7) is 0.797. The van der Waals surface area contributed by atoms with Crippen molar-refractivity contribution in [2.24, 2.45) is 11.8 Å². The van der Waals surface area contributed by atoms with E-state index in [1.165, 1.54) is 0 Å². The summed E-state index contributed by atoms with van der Waals surface area (Å²) >= 11 is 0. The van der Waals surface area contributed by atoms with Crippen LogP contribution in [0.4, 0.5) is 11.8 Å². The molecule has 0 bridgehead atoms. The van der Waals surface area contributed by atoms with E-state index in [4.69, 9.17) is 0 Å². The van der Waals surface area contributed by atoms with Crippen LogP contribution >= 0.6 is 0 Å². The van der Waals surface area contributed by atoms with E-state index >= 15 is 0 Å². The van der Waals surface area contributed by atoms with Gasteiger partial charge in [0.15, 0.2) is 0 Å². The molecular weight excluding hydrogens is 256 g/mol. The van der Waals surface area contributed by atoms with Crippen molar-refractivity contribution in [1.82, 2.24) is 9.97 Å². The molecule has 1 aliphatic heterocycles. The van der Waals surface area contributed by atoms with Crippen LogP contribution in [0.1, 0.15) is 19.3 Å². The quantitative estimate of drug-likeness (QED) is 0.895. The zero-order valence-corrected chi connectivity index (χ0v) is 11.9. The van der Waals surface area contributed by atoms with Crippen molar-refractivity contribution in [3.8, 4) is 0 Å². The molecule has 0 aromatic carbocycles. The molecule has 1 saturated carbocycles. The third-order valence-electron chi connectivity index (χ3n) is 4.47. The first-order valence-electron chi connectivity index (χ1n) is 7.07. The Labute approximate surface area is 118 Å². The van der Waals surface area contributed by atoms with Crippen LogP contribution in [0.15, 0.2) is 12.3 Å². The van der Waals surface area contributed by atoms with Crippen molar-refractivity contribution in [2.45, 2.75) is 25.3 Å². The van der Waals surface area contributed by atoms with Crippen LogP contribution in [-0.2, 0) is 4.79 Å². The van der Waals surface area contributed by atoms with Gasteiger partial charge in [0.2, 0.25) is 5.95 Å². The normalized spacial score (nSPS) is 28.5. The number of fused-ring (bicyclic) bond motifs is 1. The Balaban J connectivity index is 1.92. The van der Waals surface area contributed by atoms with Crippen molar-refractivity contribution in [1.29, 1.82) is 0 Å². The summed E-state index contributed by atoms with van der Waals surface area (Å²) in [6.07, 6.45) is 5.00. The number of carboxylic acids is 1. The smallest absolute Gasteiger partial charge is 0.326 e. The van der Waals surface area contributed by atoms with Gasteiger partial charge >= 0.3 is 5.97 Å². The maximum atomic E-state index is 11.7. The summed E-state index contributed by atoms with van der Waals surface area (Å²) in [5.41, 5.74) is 0. The number of hydrogen-bond donors (Lipinski definition) is 1. The molecule has 2 fully saturated rings. The minimum Gasteiger partial charge on any atom is -0.480 e. The Hall–Kier alpha value is -1.85.